The van der Waals surface area contributed by atoms with Crippen LogP contribution in [0.5, 0.6) is 5.75 Å². The van der Waals surface area contributed by atoms with Crippen LogP contribution in [0.2, 0.25) is 0 Å². The molecular weight excluding hydrogens is 801 g/mol. The highest BCUT2D eigenvalue weighted by Crippen LogP contribution is 2.33. The molecule has 13 heteroatoms. The lowest BCUT2D eigenvalue weighted by Gasteiger charge is -2.17. The summed E-state index contributed by atoms with van der Waals surface area (Å²) < 4.78 is 14.9. The predicted octanol–water partition coefficient (Wildman–Crippen LogP) is 9.67. The Bertz CT molecular complexity index is 2550. The molecule has 0 saturated carbocycles. The van der Waals surface area contributed by atoms with E-state index in [-0.39, 0.29) is 12.8 Å². The molecule has 3 aromatic heterocycles. The largest absolute Gasteiger partial charge is 0.497 e. The maximum absolute atomic E-state index is 11.5. The van der Waals surface area contributed by atoms with Gasteiger partial charge in [0.05, 0.1) is 37.5 Å². The minimum absolute atomic E-state index is 0.0514. The Balaban J connectivity index is 0.000000301. The van der Waals surface area contributed by atoms with E-state index in [1.165, 1.54) is 5.56 Å². The number of carboxylic acids is 2. The number of carbonyl (C=O) groups excluding carboxylic acids is 3. The molecule has 0 fully saturated rings. The SMILES string of the molecule is C=O.C=O.CC.COc1ccc(-c2ccc(CCC(=O)O)n2-c2ccc(-c3ncco3)cc2C)cc1.Cc1ccc(-c2ccc(CCC(=O)O)n2-c2ccc(C(N)=O)cc2C)cc1. The van der Waals surface area contributed by atoms with Crippen molar-refractivity contribution in [3.63, 3.8) is 0 Å². The number of nitrogens with two attached hydrogens (primary N) is 1. The summed E-state index contributed by atoms with van der Waals surface area (Å²) in [6.07, 6.45) is 4.15. The summed E-state index contributed by atoms with van der Waals surface area (Å²) in [7, 11) is 1.64. The fourth-order valence-electron chi connectivity index (χ4n) is 6.79. The number of aromatic nitrogens is 3. The molecule has 0 aliphatic heterocycles. The van der Waals surface area contributed by atoms with E-state index < -0.39 is 17.8 Å². The fourth-order valence-corrected chi connectivity index (χ4v) is 6.79. The Morgan fingerprint density at radius 2 is 1.11 bits per heavy atom. The number of carbonyl (C=O) groups is 5. The third-order valence-electron chi connectivity index (χ3n) is 9.69. The average Bonchev–Trinajstić information content (AvgIpc) is 4.09. The summed E-state index contributed by atoms with van der Waals surface area (Å²) in [4.78, 5) is 53.9. The molecule has 0 unspecified atom stereocenters. The molecule has 0 radical (unpaired) electrons. The molecule has 0 spiro atoms. The second-order valence-corrected chi connectivity index (χ2v) is 13.7. The van der Waals surface area contributed by atoms with Crippen LogP contribution in [-0.4, -0.2) is 62.9 Å². The Labute approximate surface area is 367 Å². The number of hydrogen-bond acceptors (Lipinski definition) is 8. The number of amides is 1. The van der Waals surface area contributed by atoms with Gasteiger partial charge in [-0.3, -0.25) is 14.4 Å². The lowest BCUT2D eigenvalue weighted by molar-refractivity contribution is -0.138. The van der Waals surface area contributed by atoms with Crippen molar-refractivity contribution in [2.45, 2.75) is 60.3 Å². The summed E-state index contributed by atoms with van der Waals surface area (Å²) in [6, 6.07) is 35.4. The maximum Gasteiger partial charge on any atom is 0.303 e. The number of rotatable bonds is 13. The smallest absolute Gasteiger partial charge is 0.303 e. The maximum atomic E-state index is 11.5. The zero-order chi connectivity index (χ0) is 46.6. The standard InChI is InChI=1S/C24H22N2O4.C22H22N2O3.C2H6.2CH2O/c1-16-15-18(24-25-13-14-30-24)5-10-21(16)26-19(7-12-23(27)28)6-11-22(26)17-3-8-20(29-2)9-4-17;1-14-3-5-16(6-4-14)20-11-8-18(9-12-21(25)26)24(20)19-10-7-17(22(23)27)13-15(19)2;3*1-2/h3-6,8-11,13-15H,7,12H2,1-2H3,(H,27,28);3-8,10-11,13H,9,12H2,1-2H3,(H2,23,27)(H,25,26);1-2H3;2*1H2. The number of hydrogen-bond donors (Lipinski definition) is 3. The van der Waals surface area contributed by atoms with Crippen LogP contribution in [0, 0.1) is 20.8 Å². The molecule has 4 aromatic carbocycles. The highest BCUT2D eigenvalue weighted by atomic mass is 16.5. The molecule has 328 valence electrons. The van der Waals surface area contributed by atoms with Gasteiger partial charge >= 0.3 is 11.9 Å². The number of aryl methyl sites for hydroxylation is 5. The van der Waals surface area contributed by atoms with Crippen molar-refractivity contribution < 1.29 is 43.3 Å². The van der Waals surface area contributed by atoms with Gasteiger partial charge in [0.2, 0.25) is 11.8 Å². The van der Waals surface area contributed by atoms with E-state index in [0.29, 0.717) is 24.3 Å². The number of benzene rings is 4. The van der Waals surface area contributed by atoms with E-state index in [1.54, 1.807) is 31.7 Å². The van der Waals surface area contributed by atoms with Crippen molar-refractivity contribution in [2.24, 2.45) is 5.73 Å². The number of nitrogens with zero attached hydrogens (tertiary/aromatic N) is 3. The van der Waals surface area contributed by atoms with Crippen LogP contribution in [-0.2, 0) is 32.0 Å². The molecule has 0 aliphatic carbocycles. The van der Waals surface area contributed by atoms with Crippen LogP contribution in [0.25, 0.3) is 45.3 Å². The minimum atomic E-state index is -0.833. The van der Waals surface area contributed by atoms with E-state index in [0.717, 1.165) is 67.7 Å². The number of carboxylic acid groups (broad SMARTS) is 2. The highest BCUT2D eigenvalue weighted by Gasteiger charge is 2.18. The lowest BCUT2D eigenvalue weighted by Crippen LogP contribution is -2.12. The Morgan fingerprint density at radius 1 is 0.651 bits per heavy atom. The highest BCUT2D eigenvalue weighted by molar-refractivity contribution is 5.93. The van der Waals surface area contributed by atoms with Gasteiger partial charge in [0.1, 0.15) is 25.6 Å². The van der Waals surface area contributed by atoms with Gasteiger partial charge in [0.25, 0.3) is 0 Å². The van der Waals surface area contributed by atoms with Gasteiger partial charge in [0, 0.05) is 33.9 Å². The van der Waals surface area contributed by atoms with Gasteiger partial charge in [-0.2, -0.15) is 0 Å². The van der Waals surface area contributed by atoms with E-state index in [2.05, 4.69) is 26.3 Å². The molecular formula is C50H54N4O9. The lowest BCUT2D eigenvalue weighted by atomic mass is 10.1. The number of ether oxygens (including phenoxy) is 1. The van der Waals surface area contributed by atoms with Gasteiger partial charge in [-0.1, -0.05) is 43.7 Å². The first-order chi connectivity index (χ1) is 30.4. The Kier molecular flexibility index (Phi) is 19.2. The summed E-state index contributed by atoms with van der Waals surface area (Å²) in [5.41, 5.74) is 17.6. The van der Waals surface area contributed by atoms with Crippen LogP contribution in [0.3, 0.4) is 0 Å². The quantitative estimate of drug-likeness (QED) is 0.100. The molecule has 0 aliphatic rings. The molecule has 1 amide bonds. The topological polar surface area (TPSA) is 197 Å². The summed E-state index contributed by atoms with van der Waals surface area (Å²) in [5, 5.41) is 18.3. The summed E-state index contributed by atoms with van der Waals surface area (Å²) in [5.74, 6) is -0.764. The second-order valence-electron chi connectivity index (χ2n) is 13.7. The number of primary amides is 1. The van der Waals surface area contributed by atoms with Crippen LogP contribution in [0.1, 0.15) is 65.1 Å². The number of oxazole rings is 1. The zero-order valence-electron chi connectivity index (χ0n) is 36.5. The minimum Gasteiger partial charge on any atom is -0.497 e. The molecule has 0 saturated heterocycles. The van der Waals surface area contributed by atoms with E-state index in [4.69, 9.17) is 29.6 Å². The van der Waals surface area contributed by atoms with Crippen molar-refractivity contribution in [1.29, 1.82) is 0 Å². The monoisotopic (exact) mass is 854 g/mol. The van der Waals surface area contributed by atoms with E-state index in [9.17, 15) is 19.5 Å². The van der Waals surface area contributed by atoms with Crippen molar-refractivity contribution in [1.82, 2.24) is 14.1 Å². The van der Waals surface area contributed by atoms with Crippen LogP contribution in [0.4, 0.5) is 0 Å². The number of aliphatic carboxylic acids is 2. The first kappa shape index (κ1) is 49.6. The molecule has 7 aromatic rings. The first-order valence-electron chi connectivity index (χ1n) is 20.0. The number of methoxy groups -OCH3 is 1. The summed E-state index contributed by atoms with van der Waals surface area (Å²) >= 11 is 0. The first-order valence-corrected chi connectivity index (χ1v) is 20.0. The predicted molar refractivity (Wildman–Crippen MR) is 245 cm³/mol. The van der Waals surface area contributed by atoms with Crippen molar-refractivity contribution in [2.75, 3.05) is 7.11 Å². The molecule has 13 nitrogen and oxygen atoms in total. The van der Waals surface area contributed by atoms with Crippen molar-refractivity contribution >= 4 is 31.4 Å². The van der Waals surface area contributed by atoms with Crippen molar-refractivity contribution in [3.8, 4) is 51.1 Å². The normalized spacial score (nSPS) is 10.0. The molecule has 0 atom stereocenters. The van der Waals surface area contributed by atoms with Gasteiger partial charge < -0.3 is 43.8 Å². The van der Waals surface area contributed by atoms with Crippen LogP contribution in [0.15, 0.2) is 126 Å². The third kappa shape index (κ3) is 12.9. The second kappa shape index (κ2) is 24.5. The van der Waals surface area contributed by atoms with Gasteiger partial charge in [-0.25, -0.2) is 4.98 Å². The fraction of sp³-hybridized carbons (Fsp3) is 0.200. The molecule has 3 heterocycles. The van der Waals surface area contributed by atoms with Crippen LogP contribution >= 0.6 is 0 Å². The molecule has 0 bridgehead atoms. The molecule has 7 rings (SSSR count). The van der Waals surface area contributed by atoms with Gasteiger partial charge in [0.15, 0.2) is 0 Å². The van der Waals surface area contributed by atoms with E-state index in [1.807, 2.05) is 133 Å². The van der Waals surface area contributed by atoms with Gasteiger partial charge in [-0.05, 0) is 141 Å². The molecule has 63 heavy (non-hydrogen) atoms. The summed E-state index contributed by atoms with van der Waals surface area (Å²) in [6.45, 7) is 14.0. The molecule has 4 N–H and O–H groups in total. The Hall–Kier alpha value is -7.80. The third-order valence-corrected chi connectivity index (χ3v) is 9.69. The van der Waals surface area contributed by atoms with Gasteiger partial charge in [-0.15, -0.1) is 0 Å². The Morgan fingerprint density at radius 3 is 1.52 bits per heavy atom. The van der Waals surface area contributed by atoms with E-state index >= 15 is 0 Å². The van der Waals surface area contributed by atoms with Crippen LogP contribution < -0.4 is 10.5 Å². The average molecular weight is 855 g/mol. The van der Waals surface area contributed by atoms with Crippen molar-refractivity contribution in [3.05, 3.63) is 155 Å². The zero-order valence-corrected chi connectivity index (χ0v) is 36.5.